The first-order valence-corrected chi connectivity index (χ1v) is 13.0. The largest absolute Gasteiger partial charge is 0.416 e. The van der Waals surface area contributed by atoms with Gasteiger partial charge in [-0.1, -0.05) is 65.3 Å². The third-order valence-electron chi connectivity index (χ3n) is 5.31. The Morgan fingerprint density at radius 1 is 0.875 bits per heavy atom. The lowest BCUT2D eigenvalue weighted by Gasteiger charge is -2.15. The maximum atomic E-state index is 13.1. The number of urea groups is 1. The van der Waals surface area contributed by atoms with Crippen LogP contribution in [0.4, 0.5) is 36.8 Å². The van der Waals surface area contributed by atoms with Gasteiger partial charge < -0.3 is 10.6 Å². The Morgan fingerprint density at radius 3 is 2.15 bits per heavy atom. The fraction of sp³-hybridized carbons (Fsp3) is 0.160. The maximum absolute atomic E-state index is 13.1. The molecule has 0 bridgehead atoms. The van der Waals surface area contributed by atoms with E-state index in [1.807, 2.05) is 35.6 Å². The van der Waals surface area contributed by atoms with Gasteiger partial charge in [0.05, 0.1) is 28.4 Å². The number of anilines is 1. The maximum Gasteiger partial charge on any atom is 0.416 e. The molecule has 4 rings (SSSR count). The number of hydrogen-bond acceptors (Lipinski definition) is 4. The number of alkyl halides is 6. The predicted octanol–water partition coefficient (Wildman–Crippen LogP) is 8.23. The fourth-order valence-corrected chi connectivity index (χ4v) is 4.78. The Bertz CT molecular complexity index is 1480. The van der Waals surface area contributed by atoms with Crippen LogP contribution in [0, 0.1) is 0 Å². The fourth-order valence-electron chi connectivity index (χ4n) is 3.49. The van der Waals surface area contributed by atoms with E-state index in [-0.39, 0.29) is 18.4 Å². The smallest absolute Gasteiger partial charge is 0.331 e. The Hall–Kier alpha value is -3.42. The zero-order valence-corrected chi connectivity index (χ0v) is 22.3. The van der Waals surface area contributed by atoms with Crippen LogP contribution in [0.2, 0.25) is 10.0 Å². The second-order valence-electron chi connectivity index (χ2n) is 8.21. The molecule has 15 heteroatoms. The van der Waals surface area contributed by atoms with Crippen LogP contribution in [0.15, 0.2) is 71.9 Å². The highest BCUT2D eigenvalue weighted by Gasteiger charge is 2.37. The highest BCUT2D eigenvalue weighted by molar-refractivity contribution is 7.98. The molecule has 2 amide bonds. The summed E-state index contributed by atoms with van der Waals surface area (Å²) in [4.78, 5) is 12.5. The molecule has 6 nitrogen and oxygen atoms in total. The number of thioether (sulfide) groups is 1. The van der Waals surface area contributed by atoms with Gasteiger partial charge in [-0.05, 0) is 42.0 Å². The molecule has 4 aromatic rings. The number of nitrogens with one attached hydrogen (secondary N) is 2. The Morgan fingerprint density at radius 2 is 1.52 bits per heavy atom. The van der Waals surface area contributed by atoms with Gasteiger partial charge in [0.2, 0.25) is 0 Å². The van der Waals surface area contributed by atoms with E-state index in [9.17, 15) is 31.1 Å². The van der Waals surface area contributed by atoms with Crippen LogP contribution in [0.5, 0.6) is 0 Å². The molecule has 1 aromatic heterocycles. The van der Waals surface area contributed by atoms with Crippen LogP contribution < -0.4 is 10.6 Å². The number of aromatic nitrogens is 3. The predicted molar refractivity (Wildman–Crippen MR) is 140 cm³/mol. The van der Waals surface area contributed by atoms with Gasteiger partial charge in [-0.25, -0.2) is 4.79 Å². The number of nitrogens with zero attached hydrogens (tertiary/aromatic N) is 3. The number of carbonyl (C=O) groups excluding carboxylic acids is 1. The lowest BCUT2D eigenvalue weighted by Crippen LogP contribution is -2.29. The van der Waals surface area contributed by atoms with Gasteiger partial charge >= 0.3 is 18.4 Å². The molecular formula is C25H17Cl2F6N5OS. The van der Waals surface area contributed by atoms with Gasteiger partial charge in [0.1, 0.15) is 0 Å². The lowest BCUT2D eigenvalue weighted by atomic mass is 10.1. The number of hydrogen-bond donors (Lipinski definition) is 2. The normalized spacial score (nSPS) is 11.9. The summed E-state index contributed by atoms with van der Waals surface area (Å²) < 4.78 is 80.4. The molecule has 2 N–H and O–H groups in total. The molecule has 0 radical (unpaired) electrons. The number of halogens is 8. The van der Waals surface area contributed by atoms with E-state index in [1.165, 1.54) is 11.8 Å². The second-order valence-corrected chi connectivity index (χ2v) is 9.99. The Labute approximate surface area is 237 Å². The van der Waals surface area contributed by atoms with Gasteiger partial charge in [0.25, 0.3) is 0 Å². The van der Waals surface area contributed by atoms with Crippen LogP contribution >= 0.6 is 35.0 Å². The van der Waals surface area contributed by atoms with Crippen molar-refractivity contribution in [3.8, 4) is 5.69 Å². The first-order valence-electron chi connectivity index (χ1n) is 11.2. The summed E-state index contributed by atoms with van der Waals surface area (Å²) >= 11 is 13.9. The zero-order valence-electron chi connectivity index (χ0n) is 19.9. The monoisotopic (exact) mass is 619 g/mol. The molecular weight excluding hydrogens is 603 g/mol. The van der Waals surface area contributed by atoms with Gasteiger partial charge in [0.15, 0.2) is 11.0 Å². The van der Waals surface area contributed by atoms with Gasteiger partial charge in [-0.15, -0.1) is 10.2 Å². The van der Waals surface area contributed by atoms with E-state index in [1.54, 1.807) is 22.8 Å². The molecule has 40 heavy (non-hydrogen) atoms. The van der Waals surface area contributed by atoms with Crippen LogP contribution in [-0.4, -0.2) is 20.8 Å². The quantitative estimate of drug-likeness (QED) is 0.161. The van der Waals surface area contributed by atoms with Crippen molar-refractivity contribution in [2.24, 2.45) is 0 Å². The summed E-state index contributed by atoms with van der Waals surface area (Å²) in [6.45, 7) is -0.307. The van der Waals surface area contributed by atoms with E-state index < -0.39 is 35.2 Å². The number of benzene rings is 3. The van der Waals surface area contributed by atoms with Crippen molar-refractivity contribution < 1.29 is 31.1 Å². The molecule has 1 heterocycles. The number of amides is 2. The molecule has 0 fully saturated rings. The van der Waals surface area contributed by atoms with E-state index in [2.05, 4.69) is 15.5 Å². The van der Waals surface area contributed by atoms with Crippen molar-refractivity contribution in [1.29, 1.82) is 0 Å². The standard InChI is InChI=1S/C25H17Cl2F6N5OS/c26-17-6-7-19(27)20(11-17)38-21(36-37-23(38)40-13-14-4-2-1-3-5-14)12-34-22(39)35-18-9-15(24(28,29)30)8-16(10-18)25(31,32)33/h1-11H,12-13H2,(H2,34,35,39). The second kappa shape index (κ2) is 12.0. The molecule has 0 aliphatic heterocycles. The minimum Gasteiger partial charge on any atom is -0.331 e. The summed E-state index contributed by atoms with van der Waals surface area (Å²) in [5.41, 5.74) is -2.42. The molecule has 0 unspecified atom stereocenters. The van der Waals surface area contributed by atoms with Gasteiger partial charge in [0, 0.05) is 16.5 Å². The third-order valence-corrected chi connectivity index (χ3v) is 6.87. The van der Waals surface area contributed by atoms with Crippen LogP contribution in [0.1, 0.15) is 22.5 Å². The van der Waals surface area contributed by atoms with Gasteiger partial charge in [-0.2, -0.15) is 26.3 Å². The van der Waals surface area contributed by atoms with E-state index in [0.717, 1.165) is 5.56 Å². The average Bonchev–Trinajstić information content (AvgIpc) is 3.29. The summed E-state index contributed by atoms with van der Waals surface area (Å²) in [6, 6.07) is 13.9. The minimum absolute atomic E-state index is 0.0328. The molecule has 3 aromatic carbocycles. The van der Waals surface area contributed by atoms with E-state index in [0.29, 0.717) is 38.8 Å². The number of rotatable bonds is 7. The highest BCUT2D eigenvalue weighted by Crippen LogP contribution is 2.37. The van der Waals surface area contributed by atoms with Crippen molar-refractivity contribution in [2.45, 2.75) is 29.8 Å². The molecule has 0 spiro atoms. The zero-order chi connectivity index (χ0) is 29.1. The first kappa shape index (κ1) is 29.6. The van der Waals surface area contributed by atoms with Crippen LogP contribution in [0.25, 0.3) is 5.69 Å². The van der Waals surface area contributed by atoms with Crippen molar-refractivity contribution >= 4 is 46.7 Å². The summed E-state index contributed by atoms with van der Waals surface area (Å²) in [7, 11) is 0. The first-order chi connectivity index (χ1) is 18.8. The Balaban J connectivity index is 1.57. The molecule has 0 aliphatic carbocycles. The summed E-state index contributed by atoms with van der Waals surface area (Å²) in [6.07, 6.45) is -10.1. The minimum atomic E-state index is -5.06. The highest BCUT2D eigenvalue weighted by atomic mass is 35.5. The molecule has 210 valence electrons. The van der Waals surface area contributed by atoms with Crippen molar-refractivity contribution in [3.63, 3.8) is 0 Å². The third kappa shape index (κ3) is 7.40. The molecule has 0 aliphatic rings. The molecule has 0 atom stereocenters. The molecule has 0 saturated heterocycles. The topological polar surface area (TPSA) is 71.8 Å². The van der Waals surface area contributed by atoms with Crippen LogP contribution in [0.3, 0.4) is 0 Å². The molecule has 0 saturated carbocycles. The lowest BCUT2D eigenvalue weighted by molar-refractivity contribution is -0.143. The SMILES string of the molecule is O=C(NCc1nnc(SCc2ccccc2)n1-c1cc(Cl)ccc1Cl)Nc1cc(C(F)(F)F)cc(C(F)(F)F)c1. The van der Waals surface area contributed by atoms with Crippen molar-refractivity contribution in [1.82, 2.24) is 20.1 Å². The van der Waals surface area contributed by atoms with E-state index >= 15 is 0 Å². The van der Waals surface area contributed by atoms with Crippen molar-refractivity contribution in [3.05, 3.63) is 99.3 Å². The van der Waals surface area contributed by atoms with Gasteiger partial charge in [-0.3, -0.25) is 4.57 Å². The Kier molecular flexibility index (Phi) is 8.86. The average molecular weight is 620 g/mol. The van der Waals surface area contributed by atoms with Crippen molar-refractivity contribution in [2.75, 3.05) is 5.32 Å². The number of carbonyl (C=O) groups is 1. The summed E-state index contributed by atoms with van der Waals surface area (Å²) in [5.74, 6) is 0.692. The van der Waals surface area contributed by atoms with E-state index in [4.69, 9.17) is 23.2 Å². The summed E-state index contributed by atoms with van der Waals surface area (Å²) in [5, 5.41) is 13.7. The van der Waals surface area contributed by atoms with Crippen LogP contribution in [-0.2, 0) is 24.7 Å².